The normalized spacial score (nSPS) is 11.2. The van der Waals surface area contributed by atoms with Crippen LogP contribution in [0.25, 0.3) is 0 Å². The smallest absolute Gasteiger partial charge is 0.240 e. The average Bonchev–Trinajstić information content (AvgIpc) is 3.32. The molecular weight excluding hydrogens is 368 g/mol. The molecule has 0 unspecified atom stereocenters. The lowest BCUT2D eigenvalue weighted by Crippen LogP contribution is -2.17. The third-order valence-corrected chi connectivity index (χ3v) is 4.85. The maximum absolute atomic E-state index is 11.6. The molecule has 2 heterocycles. The third kappa shape index (κ3) is 8.68. The SMILES string of the molecule is O=C(CCCCCCC(=O)NN=Cc1ccsc1)NN=Cc1ccsc1. The molecule has 0 aliphatic heterocycles. The highest BCUT2D eigenvalue weighted by atomic mass is 32.1. The second kappa shape index (κ2) is 12.1. The maximum Gasteiger partial charge on any atom is 0.240 e. The highest BCUT2D eigenvalue weighted by Crippen LogP contribution is 2.06. The predicted molar refractivity (Wildman–Crippen MR) is 108 cm³/mol. The van der Waals surface area contributed by atoms with Crippen molar-refractivity contribution in [3.63, 3.8) is 0 Å². The standard InChI is InChI=1S/C18H22N4O2S2/c23-17(21-19-11-15-7-9-25-13-15)5-3-1-2-4-6-18(24)22-20-12-16-8-10-26-14-16/h7-14H,1-6H2,(H,21,23)(H,22,24). The zero-order valence-corrected chi connectivity index (χ0v) is 16.0. The number of hydrogen-bond donors (Lipinski definition) is 2. The van der Waals surface area contributed by atoms with Crippen molar-refractivity contribution in [2.24, 2.45) is 10.2 Å². The Hall–Kier alpha value is -2.32. The molecular formula is C18H22N4O2S2. The van der Waals surface area contributed by atoms with E-state index in [-0.39, 0.29) is 11.8 Å². The molecule has 2 amide bonds. The van der Waals surface area contributed by atoms with Gasteiger partial charge in [-0.2, -0.15) is 32.9 Å². The first kappa shape index (κ1) is 20.0. The van der Waals surface area contributed by atoms with Gasteiger partial charge in [0.05, 0.1) is 12.4 Å². The number of carbonyl (C=O) groups is 2. The Morgan fingerprint density at radius 1 is 0.808 bits per heavy atom. The average molecular weight is 391 g/mol. The molecule has 0 aromatic carbocycles. The molecule has 0 aliphatic carbocycles. The summed E-state index contributed by atoms with van der Waals surface area (Å²) < 4.78 is 0. The van der Waals surface area contributed by atoms with Crippen LogP contribution in [0, 0.1) is 0 Å². The molecule has 0 fully saturated rings. The molecule has 26 heavy (non-hydrogen) atoms. The fourth-order valence-electron chi connectivity index (χ4n) is 2.09. The highest BCUT2D eigenvalue weighted by Gasteiger charge is 2.02. The summed E-state index contributed by atoms with van der Waals surface area (Å²) in [5.74, 6) is -0.172. The van der Waals surface area contributed by atoms with Gasteiger partial charge in [0.25, 0.3) is 0 Å². The van der Waals surface area contributed by atoms with Crippen molar-refractivity contribution in [1.29, 1.82) is 0 Å². The van der Waals surface area contributed by atoms with E-state index in [0.29, 0.717) is 12.8 Å². The van der Waals surface area contributed by atoms with Gasteiger partial charge in [-0.25, -0.2) is 10.9 Å². The van der Waals surface area contributed by atoms with Crippen LogP contribution >= 0.6 is 22.7 Å². The summed E-state index contributed by atoms with van der Waals surface area (Å²) in [6.07, 6.45) is 7.55. The van der Waals surface area contributed by atoms with Crippen LogP contribution in [0.2, 0.25) is 0 Å². The summed E-state index contributed by atoms with van der Waals surface area (Å²) in [5, 5.41) is 15.7. The highest BCUT2D eigenvalue weighted by molar-refractivity contribution is 7.08. The first-order valence-electron chi connectivity index (χ1n) is 8.42. The third-order valence-electron chi connectivity index (χ3n) is 3.45. The Labute approximate surface area is 161 Å². The second-order valence-corrected chi connectivity index (χ2v) is 7.17. The van der Waals surface area contributed by atoms with Gasteiger partial charge in [0.1, 0.15) is 0 Å². The molecule has 0 spiro atoms. The second-order valence-electron chi connectivity index (χ2n) is 5.61. The minimum absolute atomic E-state index is 0.0861. The Bertz CT molecular complexity index is 647. The summed E-state index contributed by atoms with van der Waals surface area (Å²) in [6, 6.07) is 3.87. The molecule has 2 aromatic heterocycles. The van der Waals surface area contributed by atoms with E-state index in [1.54, 1.807) is 35.1 Å². The molecule has 0 bridgehead atoms. The van der Waals surface area contributed by atoms with Gasteiger partial charge in [0.2, 0.25) is 11.8 Å². The van der Waals surface area contributed by atoms with Crippen molar-refractivity contribution < 1.29 is 9.59 Å². The van der Waals surface area contributed by atoms with Gasteiger partial charge in [-0.3, -0.25) is 9.59 Å². The number of hydrogen-bond acceptors (Lipinski definition) is 6. The lowest BCUT2D eigenvalue weighted by Gasteiger charge is -2.01. The number of nitrogens with zero attached hydrogens (tertiary/aromatic N) is 2. The molecule has 2 N–H and O–H groups in total. The van der Waals surface area contributed by atoms with Crippen LogP contribution in [0.4, 0.5) is 0 Å². The van der Waals surface area contributed by atoms with E-state index in [9.17, 15) is 9.59 Å². The van der Waals surface area contributed by atoms with Crippen molar-refractivity contribution in [1.82, 2.24) is 10.9 Å². The Morgan fingerprint density at radius 2 is 1.27 bits per heavy atom. The molecule has 2 aromatic rings. The van der Waals surface area contributed by atoms with Crippen LogP contribution in [0.1, 0.15) is 49.7 Å². The number of amides is 2. The first-order valence-corrected chi connectivity index (χ1v) is 10.3. The van der Waals surface area contributed by atoms with E-state index in [2.05, 4.69) is 21.1 Å². The molecule has 6 nitrogen and oxygen atoms in total. The molecule has 8 heteroatoms. The van der Waals surface area contributed by atoms with Crippen LogP contribution in [-0.4, -0.2) is 24.2 Å². The molecule has 0 atom stereocenters. The van der Waals surface area contributed by atoms with Crippen molar-refractivity contribution in [3.05, 3.63) is 44.8 Å². The van der Waals surface area contributed by atoms with Crippen molar-refractivity contribution >= 4 is 46.9 Å². The van der Waals surface area contributed by atoms with E-state index in [1.165, 1.54) is 0 Å². The van der Waals surface area contributed by atoms with Gasteiger partial charge in [-0.1, -0.05) is 12.8 Å². The number of rotatable bonds is 11. The Balaban J connectivity index is 1.44. The van der Waals surface area contributed by atoms with Crippen molar-refractivity contribution in [2.45, 2.75) is 38.5 Å². The maximum atomic E-state index is 11.6. The number of hydrazone groups is 2. The predicted octanol–water partition coefficient (Wildman–Crippen LogP) is 3.75. The summed E-state index contributed by atoms with van der Waals surface area (Å²) in [5.41, 5.74) is 7.00. The fourth-order valence-corrected chi connectivity index (χ4v) is 3.31. The van der Waals surface area contributed by atoms with Crippen molar-refractivity contribution in [2.75, 3.05) is 0 Å². The molecule has 0 aliphatic rings. The summed E-state index contributed by atoms with van der Waals surface area (Å²) in [7, 11) is 0. The van der Waals surface area contributed by atoms with E-state index < -0.39 is 0 Å². The van der Waals surface area contributed by atoms with Gasteiger partial charge in [0, 0.05) is 24.0 Å². The zero-order valence-electron chi connectivity index (χ0n) is 14.4. The van der Waals surface area contributed by atoms with Crippen LogP contribution < -0.4 is 10.9 Å². The fraction of sp³-hybridized carbons (Fsp3) is 0.333. The van der Waals surface area contributed by atoms with Crippen LogP contribution in [0.5, 0.6) is 0 Å². The minimum atomic E-state index is -0.0861. The summed E-state index contributed by atoms with van der Waals surface area (Å²) >= 11 is 3.17. The van der Waals surface area contributed by atoms with E-state index in [1.807, 2.05) is 33.7 Å². The van der Waals surface area contributed by atoms with Gasteiger partial charge >= 0.3 is 0 Å². The molecule has 0 radical (unpaired) electrons. The monoisotopic (exact) mass is 390 g/mol. The van der Waals surface area contributed by atoms with Crippen molar-refractivity contribution in [3.8, 4) is 0 Å². The number of nitrogens with one attached hydrogen (secondary N) is 2. The number of thiophene rings is 2. The van der Waals surface area contributed by atoms with Gasteiger partial charge in [-0.15, -0.1) is 0 Å². The van der Waals surface area contributed by atoms with E-state index >= 15 is 0 Å². The van der Waals surface area contributed by atoms with Gasteiger partial charge in [0.15, 0.2) is 0 Å². The van der Waals surface area contributed by atoms with E-state index in [4.69, 9.17) is 0 Å². The lowest BCUT2D eigenvalue weighted by atomic mass is 10.1. The van der Waals surface area contributed by atoms with E-state index in [0.717, 1.165) is 36.8 Å². The Kier molecular flexibility index (Phi) is 9.31. The molecule has 0 saturated carbocycles. The topological polar surface area (TPSA) is 82.9 Å². The van der Waals surface area contributed by atoms with Crippen LogP contribution in [0.15, 0.2) is 43.9 Å². The minimum Gasteiger partial charge on any atom is -0.273 e. The van der Waals surface area contributed by atoms with Gasteiger partial charge in [-0.05, 0) is 46.5 Å². The number of unbranched alkanes of at least 4 members (excludes halogenated alkanes) is 3. The lowest BCUT2D eigenvalue weighted by molar-refractivity contribution is -0.122. The van der Waals surface area contributed by atoms with Gasteiger partial charge < -0.3 is 0 Å². The molecule has 0 saturated heterocycles. The largest absolute Gasteiger partial charge is 0.273 e. The quantitative estimate of drug-likeness (QED) is 0.348. The summed E-state index contributed by atoms with van der Waals surface area (Å²) in [4.78, 5) is 23.3. The molecule has 2 rings (SSSR count). The summed E-state index contributed by atoms with van der Waals surface area (Å²) in [6.45, 7) is 0. The van der Waals surface area contributed by atoms with Crippen LogP contribution in [0.3, 0.4) is 0 Å². The Morgan fingerprint density at radius 3 is 1.65 bits per heavy atom. The zero-order chi connectivity index (χ0) is 18.5. The first-order chi connectivity index (χ1) is 12.7. The molecule has 138 valence electrons. The van der Waals surface area contributed by atoms with Crippen LogP contribution in [-0.2, 0) is 9.59 Å². The number of carbonyl (C=O) groups excluding carboxylic acids is 2.